The SMILES string of the molecule is CCCCC1CCC2CC(c3ccc(C(=O)O)cc3F)CCC2C1. The Kier molecular flexibility index (Phi) is 5.57. The molecule has 0 bridgehead atoms. The Bertz CT molecular complexity index is 583. The highest BCUT2D eigenvalue weighted by atomic mass is 19.1. The maximum absolute atomic E-state index is 14.4. The molecule has 0 aliphatic heterocycles. The summed E-state index contributed by atoms with van der Waals surface area (Å²) in [5.41, 5.74) is 0.771. The normalized spacial score (nSPS) is 29.9. The van der Waals surface area contributed by atoms with E-state index < -0.39 is 5.97 Å². The van der Waals surface area contributed by atoms with E-state index >= 15 is 0 Å². The van der Waals surface area contributed by atoms with Crippen LogP contribution >= 0.6 is 0 Å². The molecule has 3 heteroatoms. The quantitative estimate of drug-likeness (QED) is 0.716. The second kappa shape index (κ2) is 7.67. The summed E-state index contributed by atoms with van der Waals surface area (Å²) in [6.07, 6.45) is 11.4. The first-order chi connectivity index (χ1) is 11.6. The minimum atomic E-state index is -1.06. The number of rotatable bonds is 5. The molecule has 24 heavy (non-hydrogen) atoms. The van der Waals surface area contributed by atoms with Gasteiger partial charge in [0.05, 0.1) is 5.56 Å². The van der Waals surface area contributed by atoms with E-state index in [1.165, 1.54) is 51.0 Å². The number of unbranched alkanes of at least 4 members (excludes halogenated alkanes) is 1. The average molecular weight is 332 g/mol. The van der Waals surface area contributed by atoms with Gasteiger partial charge in [0.2, 0.25) is 0 Å². The predicted molar refractivity (Wildman–Crippen MR) is 93.8 cm³/mol. The van der Waals surface area contributed by atoms with E-state index in [0.717, 1.165) is 36.2 Å². The standard InChI is InChI=1S/C21H29FO2/c1-2-3-4-14-5-6-16-12-17(8-7-15(16)11-14)19-10-9-18(21(23)24)13-20(19)22/h9-10,13-17H,2-8,11-12H2,1H3,(H,23,24). The Labute approximate surface area is 144 Å². The minimum absolute atomic E-state index is 0.0429. The lowest BCUT2D eigenvalue weighted by Gasteiger charge is -2.42. The van der Waals surface area contributed by atoms with Crippen LogP contribution in [-0.2, 0) is 0 Å². The van der Waals surface area contributed by atoms with Crippen LogP contribution in [0.3, 0.4) is 0 Å². The number of halogens is 1. The Balaban J connectivity index is 1.63. The number of carboxylic acid groups (broad SMARTS) is 1. The number of carboxylic acids is 1. The molecule has 0 saturated heterocycles. The zero-order valence-electron chi connectivity index (χ0n) is 14.6. The summed E-state index contributed by atoms with van der Waals surface area (Å²) in [5, 5.41) is 8.98. The number of carbonyl (C=O) groups is 1. The fraction of sp³-hybridized carbons (Fsp3) is 0.667. The smallest absolute Gasteiger partial charge is 0.335 e. The molecule has 0 aromatic heterocycles. The lowest BCUT2D eigenvalue weighted by atomic mass is 9.63. The molecule has 0 radical (unpaired) electrons. The van der Waals surface area contributed by atoms with E-state index in [1.807, 2.05) is 0 Å². The molecule has 4 unspecified atom stereocenters. The van der Waals surface area contributed by atoms with E-state index in [2.05, 4.69) is 6.92 Å². The van der Waals surface area contributed by atoms with Gasteiger partial charge in [0.25, 0.3) is 0 Å². The first-order valence-electron chi connectivity index (χ1n) is 9.61. The maximum Gasteiger partial charge on any atom is 0.335 e. The molecule has 4 atom stereocenters. The lowest BCUT2D eigenvalue weighted by Crippen LogP contribution is -2.30. The largest absolute Gasteiger partial charge is 0.478 e. The van der Waals surface area contributed by atoms with Crippen LogP contribution in [0.15, 0.2) is 18.2 Å². The third kappa shape index (κ3) is 3.81. The highest BCUT2D eigenvalue weighted by Gasteiger charge is 2.36. The van der Waals surface area contributed by atoms with Crippen molar-refractivity contribution in [1.82, 2.24) is 0 Å². The Morgan fingerprint density at radius 2 is 1.92 bits per heavy atom. The third-order valence-electron chi connectivity index (χ3n) is 6.37. The van der Waals surface area contributed by atoms with Gasteiger partial charge in [-0.2, -0.15) is 0 Å². The van der Waals surface area contributed by atoms with Crippen molar-refractivity contribution < 1.29 is 14.3 Å². The van der Waals surface area contributed by atoms with Gasteiger partial charge in [-0.1, -0.05) is 38.7 Å². The van der Waals surface area contributed by atoms with Crippen molar-refractivity contribution in [2.24, 2.45) is 17.8 Å². The van der Waals surface area contributed by atoms with Gasteiger partial charge in [-0.15, -0.1) is 0 Å². The lowest BCUT2D eigenvalue weighted by molar-refractivity contribution is 0.0696. The molecule has 2 fully saturated rings. The van der Waals surface area contributed by atoms with Gasteiger partial charge in [-0.05, 0) is 73.5 Å². The Morgan fingerprint density at radius 3 is 2.62 bits per heavy atom. The van der Waals surface area contributed by atoms with Crippen molar-refractivity contribution in [2.45, 2.75) is 70.6 Å². The second-order valence-electron chi connectivity index (χ2n) is 7.89. The maximum atomic E-state index is 14.4. The van der Waals surface area contributed by atoms with E-state index in [-0.39, 0.29) is 17.3 Å². The fourth-order valence-electron chi connectivity index (χ4n) is 5.02. The molecule has 0 spiro atoms. The molecular formula is C21H29FO2. The second-order valence-corrected chi connectivity index (χ2v) is 7.89. The van der Waals surface area contributed by atoms with Crippen molar-refractivity contribution in [1.29, 1.82) is 0 Å². The van der Waals surface area contributed by atoms with E-state index in [0.29, 0.717) is 0 Å². The highest BCUT2D eigenvalue weighted by Crippen LogP contribution is 2.48. The molecule has 2 aliphatic rings. The van der Waals surface area contributed by atoms with Gasteiger partial charge >= 0.3 is 5.97 Å². The third-order valence-corrected chi connectivity index (χ3v) is 6.37. The van der Waals surface area contributed by atoms with E-state index in [4.69, 9.17) is 5.11 Å². The number of aromatic carboxylic acids is 1. The number of fused-ring (bicyclic) bond motifs is 1. The number of hydrogen-bond acceptors (Lipinski definition) is 1. The molecule has 132 valence electrons. The summed E-state index contributed by atoms with van der Waals surface area (Å²) in [6, 6.07) is 4.44. The van der Waals surface area contributed by atoms with Crippen molar-refractivity contribution in [3.05, 3.63) is 35.1 Å². The summed E-state index contributed by atoms with van der Waals surface area (Å²) in [4.78, 5) is 11.0. The molecule has 2 saturated carbocycles. The Hall–Kier alpha value is -1.38. The molecule has 0 heterocycles. The van der Waals surface area contributed by atoms with Crippen LogP contribution in [-0.4, -0.2) is 11.1 Å². The van der Waals surface area contributed by atoms with Crippen LogP contribution in [0.25, 0.3) is 0 Å². The first-order valence-corrected chi connectivity index (χ1v) is 9.61. The highest BCUT2D eigenvalue weighted by molar-refractivity contribution is 5.87. The number of hydrogen-bond donors (Lipinski definition) is 1. The van der Waals surface area contributed by atoms with Gasteiger partial charge in [0, 0.05) is 0 Å². The van der Waals surface area contributed by atoms with Crippen LogP contribution in [0.1, 0.15) is 86.6 Å². The van der Waals surface area contributed by atoms with Gasteiger partial charge in [0.15, 0.2) is 0 Å². The summed E-state index contributed by atoms with van der Waals surface area (Å²) in [6.45, 7) is 2.26. The van der Waals surface area contributed by atoms with E-state index in [9.17, 15) is 9.18 Å². The molecule has 1 aromatic carbocycles. The number of benzene rings is 1. The molecule has 2 aliphatic carbocycles. The van der Waals surface area contributed by atoms with Gasteiger partial charge in [-0.25, -0.2) is 9.18 Å². The van der Waals surface area contributed by atoms with Crippen LogP contribution in [0.5, 0.6) is 0 Å². The topological polar surface area (TPSA) is 37.3 Å². The average Bonchev–Trinajstić information content (AvgIpc) is 2.59. The summed E-state index contributed by atoms with van der Waals surface area (Å²) in [7, 11) is 0. The molecular weight excluding hydrogens is 303 g/mol. The van der Waals surface area contributed by atoms with Crippen molar-refractivity contribution >= 4 is 5.97 Å². The molecule has 2 nitrogen and oxygen atoms in total. The van der Waals surface area contributed by atoms with Crippen LogP contribution in [0.4, 0.5) is 4.39 Å². The van der Waals surface area contributed by atoms with Crippen LogP contribution in [0, 0.1) is 23.6 Å². The van der Waals surface area contributed by atoms with Crippen molar-refractivity contribution in [2.75, 3.05) is 0 Å². The van der Waals surface area contributed by atoms with Gasteiger partial charge in [0.1, 0.15) is 5.82 Å². The fourth-order valence-corrected chi connectivity index (χ4v) is 5.02. The first kappa shape index (κ1) is 17.4. The zero-order chi connectivity index (χ0) is 17.1. The Morgan fingerprint density at radius 1 is 1.17 bits per heavy atom. The summed E-state index contributed by atoms with van der Waals surface area (Å²) in [5.74, 6) is 1.35. The van der Waals surface area contributed by atoms with Crippen LogP contribution < -0.4 is 0 Å². The minimum Gasteiger partial charge on any atom is -0.478 e. The molecule has 1 aromatic rings. The van der Waals surface area contributed by atoms with Gasteiger partial charge in [-0.3, -0.25) is 0 Å². The molecule has 1 N–H and O–H groups in total. The zero-order valence-corrected chi connectivity index (χ0v) is 14.6. The summed E-state index contributed by atoms with van der Waals surface area (Å²) < 4.78 is 14.4. The molecule has 3 rings (SSSR count). The van der Waals surface area contributed by atoms with Crippen LogP contribution in [0.2, 0.25) is 0 Å². The van der Waals surface area contributed by atoms with E-state index in [1.54, 1.807) is 12.1 Å². The van der Waals surface area contributed by atoms with Gasteiger partial charge < -0.3 is 5.11 Å². The predicted octanol–water partition coefficient (Wildman–Crippen LogP) is 6.01. The van der Waals surface area contributed by atoms with Crippen molar-refractivity contribution in [3.63, 3.8) is 0 Å². The molecule has 0 amide bonds. The summed E-state index contributed by atoms with van der Waals surface area (Å²) >= 11 is 0. The van der Waals surface area contributed by atoms with Crippen molar-refractivity contribution in [3.8, 4) is 0 Å². The monoisotopic (exact) mass is 332 g/mol.